The molecule has 0 aromatic heterocycles. The summed E-state index contributed by atoms with van der Waals surface area (Å²) >= 11 is 0. The summed E-state index contributed by atoms with van der Waals surface area (Å²) in [6.07, 6.45) is 6.07. The summed E-state index contributed by atoms with van der Waals surface area (Å²) in [4.78, 5) is 11.3. The van der Waals surface area contributed by atoms with Crippen molar-refractivity contribution < 1.29 is 9.53 Å². The first kappa shape index (κ1) is 8.09. The van der Waals surface area contributed by atoms with Crippen LogP contribution in [0.4, 0.5) is 0 Å². The summed E-state index contributed by atoms with van der Waals surface area (Å²) in [7, 11) is 0. The molecule has 0 bridgehead atoms. The number of ether oxygens (including phenoxy) is 1. The van der Waals surface area contributed by atoms with E-state index < -0.39 is 0 Å². The monoisotopic (exact) mass is 168 g/mol. The van der Waals surface area contributed by atoms with Crippen molar-refractivity contribution in [3.05, 3.63) is 0 Å². The largest absolute Gasteiger partial charge is 0.462 e. The lowest BCUT2D eigenvalue weighted by molar-refractivity contribution is -0.144. The lowest BCUT2D eigenvalue weighted by Gasteiger charge is -2.24. The molecule has 1 heterocycles. The average Bonchev–Trinajstić information content (AvgIpc) is 2.40. The predicted molar refractivity (Wildman–Crippen MR) is 45.6 cm³/mol. The van der Waals surface area contributed by atoms with Crippen LogP contribution in [0.3, 0.4) is 0 Å². The van der Waals surface area contributed by atoms with E-state index in [0.29, 0.717) is 5.92 Å². The van der Waals surface area contributed by atoms with Crippen LogP contribution in [-0.2, 0) is 9.53 Å². The first-order chi connectivity index (χ1) is 5.83. The Balaban J connectivity index is 2.10. The molecule has 1 unspecified atom stereocenters. The fraction of sp³-hybridized carbons (Fsp3) is 0.900. The third kappa shape index (κ3) is 1.13. The zero-order valence-electron chi connectivity index (χ0n) is 7.58. The van der Waals surface area contributed by atoms with E-state index in [9.17, 15) is 4.79 Å². The van der Waals surface area contributed by atoms with Crippen molar-refractivity contribution in [2.75, 3.05) is 0 Å². The zero-order valence-corrected chi connectivity index (χ0v) is 7.58. The molecule has 2 aliphatic rings. The Labute approximate surface area is 73.3 Å². The summed E-state index contributed by atoms with van der Waals surface area (Å²) in [6, 6.07) is 0. The highest BCUT2D eigenvalue weighted by molar-refractivity contribution is 5.75. The molecule has 0 aromatic rings. The minimum atomic E-state index is 0.0643. The molecule has 0 spiro atoms. The fourth-order valence-electron chi connectivity index (χ4n) is 2.61. The molecule has 12 heavy (non-hydrogen) atoms. The molecule has 1 aliphatic carbocycles. The van der Waals surface area contributed by atoms with Crippen molar-refractivity contribution in [2.45, 2.75) is 45.1 Å². The molecule has 1 saturated heterocycles. The van der Waals surface area contributed by atoms with Crippen LogP contribution < -0.4 is 0 Å². The second kappa shape index (κ2) is 3.08. The summed E-state index contributed by atoms with van der Waals surface area (Å²) in [6.45, 7) is 2.09. The molecule has 2 nitrogen and oxygen atoms in total. The molecule has 2 heteroatoms. The van der Waals surface area contributed by atoms with Crippen LogP contribution in [0, 0.1) is 11.8 Å². The summed E-state index contributed by atoms with van der Waals surface area (Å²) in [5.41, 5.74) is 0. The van der Waals surface area contributed by atoms with Gasteiger partial charge in [-0.3, -0.25) is 4.79 Å². The number of hydrogen-bond acceptors (Lipinski definition) is 2. The van der Waals surface area contributed by atoms with E-state index in [0.717, 1.165) is 12.8 Å². The van der Waals surface area contributed by atoms with E-state index in [1.54, 1.807) is 0 Å². The summed E-state index contributed by atoms with van der Waals surface area (Å²) in [5.74, 6) is 0.834. The van der Waals surface area contributed by atoms with Gasteiger partial charge in [-0.25, -0.2) is 0 Å². The van der Waals surface area contributed by atoms with Crippen molar-refractivity contribution in [3.63, 3.8) is 0 Å². The smallest absolute Gasteiger partial charge is 0.309 e. The van der Waals surface area contributed by atoms with Crippen molar-refractivity contribution in [2.24, 2.45) is 11.8 Å². The van der Waals surface area contributed by atoms with Crippen LogP contribution in [0.2, 0.25) is 0 Å². The lowest BCUT2D eigenvalue weighted by atomic mass is 9.79. The maximum Gasteiger partial charge on any atom is 0.309 e. The standard InChI is InChI=1S/C10H16O2/c1-2-7-8-5-3-4-6-9(8)12-10(7)11/h7-9H,2-6H2,1H3/t7-,8-,9?/m0/s1. The van der Waals surface area contributed by atoms with Crippen LogP contribution in [-0.4, -0.2) is 12.1 Å². The Morgan fingerprint density at radius 1 is 1.42 bits per heavy atom. The van der Waals surface area contributed by atoms with Gasteiger partial charge in [0.15, 0.2) is 0 Å². The quantitative estimate of drug-likeness (QED) is 0.561. The molecule has 1 aliphatic heterocycles. The first-order valence-corrected chi connectivity index (χ1v) is 5.03. The number of carbonyl (C=O) groups excluding carboxylic acids is 1. The number of carbonyl (C=O) groups is 1. The van der Waals surface area contributed by atoms with Gasteiger partial charge in [0.2, 0.25) is 0 Å². The van der Waals surface area contributed by atoms with Crippen molar-refractivity contribution >= 4 is 5.97 Å². The van der Waals surface area contributed by atoms with Crippen molar-refractivity contribution in [1.29, 1.82) is 0 Å². The summed E-state index contributed by atoms with van der Waals surface area (Å²) in [5, 5.41) is 0. The number of esters is 1. The number of rotatable bonds is 1. The number of hydrogen-bond donors (Lipinski definition) is 0. The molecule has 3 atom stereocenters. The van der Waals surface area contributed by atoms with Gasteiger partial charge in [0.05, 0.1) is 5.92 Å². The molecule has 1 saturated carbocycles. The van der Waals surface area contributed by atoms with Gasteiger partial charge < -0.3 is 4.74 Å². The third-order valence-electron chi connectivity index (χ3n) is 3.28. The van der Waals surface area contributed by atoms with Gasteiger partial charge >= 0.3 is 5.97 Å². The van der Waals surface area contributed by atoms with E-state index in [-0.39, 0.29) is 18.0 Å². The minimum absolute atomic E-state index is 0.0643. The second-order valence-electron chi connectivity index (χ2n) is 3.94. The van der Waals surface area contributed by atoms with Crippen LogP contribution in [0.15, 0.2) is 0 Å². The zero-order chi connectivity index (χ0) is 8.55. The van der Waals surface area contributed by atoms with Crippen molar-refractivity contribution in [3.8, 4) is 0 Å². The maximum atomic E-state index is 11.3. The van der Waals surface area contributed by atoms with Crippen LogP contribution >= 0.6 is 0 Å². The van der Waals surface area contributed by atoms with Gasteiger partial charge in [-0.05, 0) is 25.7 Å². The summed E-state index contributed by atoms with van der Waals surface area (Å²) < 4.78 is 5.33. The minimum Gasteiger partial charge on any atom is -0.462 e. The lowest BCUT2D eigenvalue weighted by Crippen LogP contribution is -2.24. The van der Waals surface area contributed by atoms with E-state index in [4.69, 9.17) is 4.74 Å². The average molecular weight is 168 g/mol. The molecular weight excluding hydrogens is 152 g/mol. The molecule has 2 fully saturated rings. The number of fused-ring (bicyclic) bond motifs is 1. The Bertz CT molecular complexity index is 188. The molecule has 0 N–H and O–H groups in total. The molecule has 0 amide bonds. The highest BCUT2D eigenvalue weighted by Gasteiger charge is 2.43. The predicted octanol–water partition coefficient (Wildman–Crippen LogP) is 2.13. The van der Waals surface area contributed by atoms with Gasteiger partial charge in [-0.1, -0.05) is 13.3 Å². The van der Waals surface area contributed by atoms with Crippen molar-refractivity contribution in [1.82, 2.24) is 0 Å². The SMILES string of the molecule is CC[C@@H]1C(=O)OC2CCCC[C@H]21. The molecule has 0 aromatic carbocycles. The van der Waals surface area contributed by atoms with Gasteiger partial charge in [-0.15, -0.1) is 0 Å². The van der Waals surface area contributed by atoms with E-state index in [2.05, 4.69) is 6.92 Å². The Morgan fingerprint density at radius 3 is 2.92 bits per heavy atom. The second-order valence-corrected chi connectivity index (χ2v) is 3.94. The third-order valence-corrected chi connectivity index (χ3v) is 3.28. The molecule has 68 valence electrons. The highest BCUT2D eigenvalue weighted by Crippen LogP contribution is 2.39. The van der Waals surface area contributed by atoms with Crippen LogP contribution in [0.1, 0.15) is 39.0 Å². The Hall–Kier alpha value is -0.530. The Morgan fingerprint density at radius 2 is 2.17 bits per heavy atom. The van der Waals surface area contributed by atoms with Gasteiger partial charge in [0.25, 0.3) is 0 Å². The van der Waals surface area contributed by atoms with Gasteiger partial charge in [0.1, 0.15) is 6.10 Å². The first-order valence-electron chi connectivity index (χ1n) is 5.03. The maximum absolute atomic E-state index is 11.3. The van der Waals surface area contributed by atoms with Crippen LogP contribution in [0.5, 0.6) is 0 Å². The fourth-order valence-corrected chi connectivity index (χ4v) is 2.61. The topological polar surface area (TPSA) is 26.3 Å². The van der Waals surface area contributed by atoms with Gasteiger partial charge in [-0.2, -0.15) is 0 Å². The van der Waals surface area contributed by atoms with Crippen LogP contribution in [0.25, 0.3) is 0 Å². The Kier molecular flexibility index (Phi) is 2.07. The van der Waals surface area contributed by atoms with E-state index in [1.165, 1.54) is 19.3 Å². The normalized spacial score (nSPS) is 40.8. The molecule has 2 rings (SSSR count). The highest BCUT2D eigenvalue weighted by atomic mass is 16.6. The van der Waals surface area contributed by atoms with E-state index >= 15 is 0 Å². The van der Waals surface area contributed by atoms with E-state index in [1.807, 2.05) is 0 Å². The molecular formula is C10H16O2. The molecule has 0 radical (unpaired) electrons. The van der Waals surface area contributed by atoms with Gasteiger partial charge in [0, 0.05) is 5.92 Å².